The van der Waals surface area contributed by atoms with Crippen LogP contribution in [0.15, 0.2) is 84.0 Å². The highest BCUT2D eigenvalue weighted by molar-refractivity contribution is 7.89. The lowest BCUT2D eigenvalue weighted by Crippen LogP contribution is -2.34. The van der Waals surface area contributed by atoms with E-state index in [0.29, 0.717) is 18.7 Å². The molecular formula is C31H30ClFN4O3S. The number of carbonyl (C=O) groups excluding carboxylic acids is 1. The summed E-state index contributed by atoms with van der Waals surface area (Å²) >= 11 is 5.87. The lowest BCUT2D eigenvalue weighted by molar-refractivity contribution is -0.120. The van der Waals surface area contributed by atoms with E-state index in [1.807, 2.05) is 54.2 Å². The molecule has 1 amide bonds. The van der Waals surface area contributed by atoms with Crippen molar-refractivity contribution in [3.63, 3.8) is 0 Å². The Hall–Kier alpha value is -3.53. The SMILES string of the molecule is Cn1ccnc1CN(C(=O)[C@@H]1C[C@@H]1c1ccccc1)c1ccc2c(c1)[C@@H](NS(=O)(=O)c1ccc(F)c(Cl)c1)CCC2. The molecule has 0 saturated heterocycles. The molecule has 41 heavy (non-hydrogen) atoms. The van der Waals surface area contributed by atoms with E-state index in [9.17, 15) is 17.6 Å². The Morgan fingerprint density at radius 1 is 1.15 bits per heavy atom. The summed E-state index contributed by atoms with van der Waals surface area (Å²) in [6.45, 7) is 0.295. The van der Waals surface area contributed by atoms with Crippen molar-refractivity contribution >= 4 is 33.2 Å². The van der Waals surface area contributed by atoms with E-state index in [4.69, 9.17) is 11.6 Å². The molecule has 0 bridgehead atoms. The summed E-state index contributed by atoms with van der Waals surface area (Å²) in [5, 5.41) is -0.253. The molecule has 212 valence electrons. The zero-order valence-electron chi connectivity index (χ0n) is 22.5. The molecule has 2 aliphatic carbocycles. The Labute approximate surface area is 244 Å². The normalized spacial score (nSPS) is 19.9. The minimum absolute atomic E-state index is 0.0238. The molecular weight excluding hydrogens is 563 g/mol. The number of anilines is 1. The van der Waals surface area contributed by atoms with E-state index < -0.39 is 21.9 Å². The van der Waals surface area contributed by atoms with Crippen LogP contribution in [-0.2, 0) is 34.8 Å². The smallest absolute Gasteiger partial charge is 0.241 e. The van der Waals surface area contributed by atoms with Crippen molar-refractivity contribution in [2.45, 2.75) is 49.1 Å². The molecule has 0 aliphatic heterocycles. The van der Waals surface area contributed by atoms with Crippen molar-refractivity contribution in [1.29, 1.82) is 0 Å². The number of nitrogens with one attached hydrogen (secondary N) is 1. The minimum atomic E-state index is -3.97. The van der Waals surface area contributed by atoms with Gasteiger partial charge in [-0.05, 0) is 78.6 Å². The number of rotatable bonds is 8. The first kappa shape index (κ1) is 27.6. The van der Waals surface area contributed by atoms with Gasteiger partial charge in [0.05, 0.1) is 16.5 Å². The Kier molecular flexibility index (Phi) is 7.44. The van der Waals surface area contributed by atoms with Gasteiger partial charge in [-0.3, -0.25) is 4.79 Å². The second-order valence-electron chi connectivity index (χ2n) is 10.8. The number of benzene rings is 3. The monoisotopic (exact) mass is 592 g/mol. The molecule has 1 saturated carbocycles. The molecule has 1 heterocycles. The largest absolute Gasteiger partial charge is 0.337 e. The predicted molar refractivity (Wildman–Crippen MR) is 156 cm³/mol. The van der Waals surface area contributed by atoms with Gasteiger partial charge in [0.2, 0.25) is 15.9 Å². The summed E-state index contributed by atoms with van der Waals surface area (Å²) in [4.78, 5) is 20.1. The van der Waals surface area contributed by atoms with Crippen molar-refractivity contribution in [1.82, 2.24) is 14.3 Å². The van der Waals surface area contributed by atoms with E-state index in [-0.39, 0.29) is 27.7 Å². The van der Waals surface area contributed by atoms with E-state index in [0.717, 1.165) is 53.9 Å². The van der Waals surface area contributed by atoms with Gasteiger partial charge >= 0.3 is 0 Å². The highest BCUT2D eigenvalue weighted by Gasteiger charge is 2.46. The van der Waals surface area contributed by atoms with Gasteiger partial charge in [-0.2, -0.15) is 0 Å². The lowest BCUT2D eigenvalue weighted by Gasteiger charge is -2.29. The molecule has 0 unspecified atom stereocenters. The predicted octanol–water partition coefficient (Wildman–Crippen LogP) is 5.91. The summed E-state index contributed by atoms with van der Waals surface area (Å²) in [7, 11) is -2.08. The van der Waals surface area contributed by atoms with Gasteiger partial charge in [-0.15, -0.1) is 0 Å². The lowest BCUT2D eigenvalue weighted by atomic mass is 9.87. The number of aromatic nitrogens is 2. The van der Waals surface area contributed by atoms with E-state index in [1.54, 1.807) is 11.1 Å². The molecule has 0 spiro atoms. The van der Waals surface area contributed by atoms with Gasteiger partial charge in [0, 0.05) is 37.1 Å². The summed E-state index contributed by atoms with van der Waals surface area (Å²) in [6.07, 6.45) is 6.55. The summed E-state index contributed by atoms with van der Waals surface area (Å²) < 4.78 is 44.9. The molecule has 2 aliphatic rings. The third-order valence-electron chi connectivity index (χ3n) is 8.08. The molecule has 10 heteroatoms. The second kappa shape index (κ2) is 11.0. The number of hydrogen-bond acceptors (Lipinski definition) is 4. The van der Waals surface area contributed by atoms with Gasteiger partial charge in [-0.1, -0.05) is 48.0 Å². The van der Waals surface area contributed by atoms with Crippen molar-refractivity contribution < 1.29 is 17.6 Å². The minimum Gasteiger partial charge on any atom is -0.337 e. The van der Waals surface area contributed by atoms with Crippen LogP contribution in [0.4, 0.5) is 10.1 Å². The maximum atomic E-state index is 14.0. The number of imidazole rings is 1. The zero-order valence-corrected chi connectivity index (χ0v) is 24.1. The van der Waals surface area contributed by atoms with Gasteiger partial charge in [0.15, 0.2) is 0 Å². The summed E-state index contributed by atoms with van der Waals surface area (Å²) in [5.74, 6) is 0.133. The summed E-state index contributed by atoms with van der Waals surface area (Å²) in [5.41, 5.74) is 3.72. The Bertz CT molecular complexity index is 1710. The van der Waals surface area contributed by atoms with Crippen LogP contribution < -0.4 is 9.62 Å². The van der Waals surface area contributed by atoms with Crippen LogP contribution >= 0.6 is 11.6 Å². The van der Waals surface area contributed by atoms with Gasteiger partial charge in [0.25, 0.3) is 0 Å². The van der Waals surface area contributed by atoms with Gasteiger partial charge < -0.3 is 9.47 Å². The van der Waals surface area contributed by atoms with Crippen molar-refractivity contribution in [3.05, 3.63) is 112 Å². The van der Waals surface area contributed by atoms with Crippen LogP contribution in [0.1, 0.15) is 53.7 Å². The highest BCUT2D eigenvalue weighted by Crippen LogP contribution is 2.49. The van der Waals surface area contributed by atoms with Gasteiger partial charge in [-0.25, -0.2) is 22.5 Å². The number of fused-ring (bicyclic) bond motifs is 1. The Balaban J connectivity index is 1.32. The van der Waals surface area contributed by atoms with E-state index >= 15 is 0 Å². The highest BCUT2D eigenvalue weighted by atomic mass is 35.5. The quantitative estimate of drug-likeness (QED) is 0.276. The number of hydrogen-bond donors (Lipinski definition) is 1. The first-order valence-electron chi connectivity index (χ1n) is 13.6. The van der Waals surface area contributed by atoms with Crippen molar-refractivity contribution in [2.24, 2.45) is 13.0 Å². The topological polar surface area (TPSA) is 84.3 Å². The third kappa shape index (κ3) is 5.66. The number of amides is 1. The van der Waals surface area contributed by atoms with Gasteiger partial charge in [0.1, 0.15) is 11.6 Å². The standard InChI is InChI=1S/C31H30ClFN4O3S/c1-36-15-14-34-30(36)19-37(31(38)26-18-24(26)20-6-3-2-4-7-20)22-11-10-21-8-5-9-29(25(21)16-22)35-41(39,40)23-12-13-28(33)27(32)17-23/h2-4,6-7,10-17,24,26,29,35H,5,8-9,18-19H2,1H3/t24-,26-,29+/m1/s1. The molecule has 7 nitrogen and oxygen atoms in total. The number of carbonyl (C=O) groups is 1. The molecule has 3 aromatic carbocycles. The van der Waals surface area contributed by atoms with Crippen molar-refractivity contribution in [3.8, 4) is 0 Å². The molecule has 1 fully saturated rings. The average molecular weight is 593 g/mol. The van der Waals surface area contributed by atoms with Crippen LogP contribution in [0.25, 0.3) is 0 Å². The molecule has 0 radical (unpaired) electrons. The van der Waals surface area contributed by atoms with E-state index in [1.165, 1.54) is 6.07 Å². The Morgan fingerprint density at radius 3 is 2.68 bits per heavy atom. The average Bonchev–Trinajstić information content (AvgIpc) is 3.67. The van der Waals surface area contributed by atoms with Crippen LogP contribution in [0.5, 0.6) is 0 Å². The fourth-order valence-electron chi connectivity index (χ4n) is 5.70. The fraction of sp³-hybridized carbons (Fsp3) is 0.290. The first-order chi connectivity index (χ1) is 19.7. The van der Waals surface area contributed by atoms with Crippen molar-refractivity contribution in [2.75, 3.05) is 4.90 Å². The van der Waals surface area contributed by atoms with Crippen LogP contribution in [0.3, 0.4) is 0 Å². The van der Waals surface area contributed by atoms with Crippen LogP contribution in [0.2, 0.25) is 5.02 Å². The fourth-order valence-corrected chi connectivity index (χ4v) is 7.22. The molecule has 3 atom stereocenters. The second-order valence-corrected chi connectivity index (χ2v) is 12.9. The molecule has 4 aromatic rings. The molecule has 1 aromatic heterocycles. The maximum Gasteiger partial charge on any atom is 0.241 e. The van der Waals surface area contributed by atoms with E-state index in [2.05, 4.69) is 21.8 Å². The summed E-state index contributed by atoms with van der Waals surface area (Å²) in [6, 6.07) is 18.8. The molecule has 1 N–H and O–H groups in total. The van der Waals surface area contributed by atoms with Crippen LogP contribution in [-0.4, -0.2) is 23.9 Å². The number of aryl methyl sites for hydroxylation is 2. The first-order valence-corrected chi connectivity index (χ1v) is 15.5. The number of halogens is 2. The zero-order chi connectivity index (χ0) is 28.7. The number of sulfonamides is 1. The molecule has 6 rings (SSSR count). The maximum absolute atomic E-state index is 14.0. The Morgan fingerprint density at radius 2 is 1.95 bits per heavy atom. The number of nitrogens with zero attached hydrogens (tertiary/aromatic N) is 3. The van der Waals surface area contributed by atoms with Crippen LogP contribution in [0, 0.1) is 11.7 Å². The third-order valence-corrected chi connectivity index (χ3v) is 9.84.